The van der Waals surface area contributed by atoms with Gasteiger partial charge in [-0.05, 0) is 62.3 Å². The number of nitrogens with zero attached hydrogens (tertiary/aromatic N) is 1. The van der Waals surface area contributed by atoms with E-state index in [4.69, 9.17) is 0 Å². The van der Waals surface area contributed by atoms with Crippen LogP contribution in [0.5, 0.6) is 0 Å². The second-order valence-electron chi connectivity index (χ2n) is 13.2. The van der Waals surface area contributed by atoms with Gasteiger partial charge in [0.05, 0.1) is 0 Å². The number of rotatable bonds is 12. The van der Waals surface area contributed by atoms with E-state index in [1.807, 2.05) is 60.7 Å². The summed E-state index contributed by atoms with van der Waals surface area (Å²) in [6.07, 6.45) is 0. The van der Waals surface area contributed by atoms with Gasteiger partial charge in [-0.1, -0.05) is 60.7 Å². The largest absolute Gasteiger partial charge is 0.311 e. The fraction of sp³-hybridized carbons (Fsp3) is 0.562. The lowest BCUT2D eigenvalue weighted by Crippen LogP contribution is -2.53. The summed E-state index contributed by atoms with van der Waals surface area (Å²) in [5.41, 5.74) is 1.01. The average molecular weight is 508 g/mol. The summed E-state index contributed by atoms with van der Waals surface area (Å²) >= 11 is 0. The van der Waals surface area contributed by atoms with E-state index in [0.29, 0.717) is 26.2 Å². The predicted octanol–water partition coefficient (Wildman–Crippen LogP) is 5.86. The van der Waals surface area contributed by atoms with Crippen molar-refractivity contribution in [3.63, 3.8) is 0 Å². The first kappa shape index (κ1) is 30.9. The molecule has 0 aromatic heterocycles. The van der Waals surface area contributed by atoms with Crippen molar-refractivity contribution in [2.45, 2.75) is 78.9 Å². The van der Waals surface area contributed by atoms with E-state index < -0.39 is 0 Å². The molecule has 2 aromatic rings. The molecule has 0 aliphatic heterocycles. The average Bonchev–Trinajstić information content (AvgIpc) is 2.81. The van der Waals surface area contributed by atoms with Gasteiger partial charge in [0.25, 0.3) is 0 Å². The maximum atomic E-state index is 13.7. The van der Waals surface area contributed by atoms with E-state index in [2.05, 4.69) is 77.8 Å². The lowest BCUT2D eigenvalue weighted by molar-refractivity contribution is 0.0640. The van der Waals surface area contributed by atoms with Crippen LogP contribution in [0.25, 0.3) is 0 Å². The quantitative estimate of drug-likeness (QED) is 0.352. The summed E-state index contributed by atoms with van der Waals surface area (Å²) in [5, 5.41) is 7.10. The monoisotopic (exact) mass is 507 g/mol. The third kappa shape index (κ3) is 10.9. The lowest BCUT2D eigenvalue weighted by Gasteiger charge is -2.40. The van der Waals surface area contributed by atoms with Crippen LogP contribution in [0.1, 0.15) is 83.0 Å². The van der Waals surface area contributed by atoms with E-state index in [1.165, 1.54) is 0 Å². The van der Waals surface area contributed by atoms with Crippen LogP contribution >= 0.6 is 0 Å². The molecule has 0 bridgehead atoms. The molecule has 204 valence electrons. The molecule has 0 aliphatic rings. The molecule has 0 amide bonds. The van der Waals surface area contributed by atoms with Crippen LogP contribution in [0.3, 0.4) is 0 Å². The first-order valence-corrected chi connectivity index (χ1v) is 13.5. The Balaban J connectivity index is 2.37. The predicted molar refractivity (Wildman–Crippen MR) is 155 cm³/mol. The molecule has 0 heterocycles. The standard InChI is InChI=1S/C32H49N3O2/c1-30(2,3)33-20-26(28(36)24-16-12-10-13-17-24)22-35(32(7,8)9)23-27(21-34-31(4,5)6)29(37)25-18-14-11-15-19-25/h10-19,26-27,33-34H,20-23H2,1-9H3/t26-,27+. The minimum absolute atomic E-state index is 0.107. The van der Waals surface area contributed by atoms with Crippen molar-refractivity contribution in [2.24, 2.45) is 11.8 Å². The molecule has 0 aliphatic carbocycles. The van der Waals surface area contributed by atoms with Crippen molar-refractivity contribution < 1.29 is 9.59 Å². The maximum Gasteiger partial charge on any atom is 0.168 e. The Labute approximate surface area is 225 Å². The number of ketones is 2. The Morgan fingerprint density at radius 3 is 1.22 bits per heavy atom. The fourth-order valence-corrected chi connectivity index (χ4v) is 4.17. The smallest absolute Gasteiger partial charge is 0.168 e. The van der Waals surface area contributed by atoms with Crippen LogP contribution in [0.2, 0.25) is 0 Å². The van der Waals surface area contributed by atoms with Crippen molar-refractivity contribution in [1.82, 2.24) is 15.5 Å². The molecule has 0 fully saturated rings. The Bertz CT molecular complexity index is 907. The van der Waals surface area contributed by atoms with Gasteiger partial charge in [-0.3, -0.25) is 14.5 Å². The number of carbonyl (C=O) groups excluding carboxylic acids is 2. The maximum absolute atomic E-state index is 13.7. The van der Waals surface area contributed by atoms with E-state index in [-0.39, 0.29) is 40.0 Å². The molecular weight excluding hydrogens is 458 g/mol. The SMILES string of the molecule is CC(C)(C)NC[C@H](CN(C[C@H](CNC(C)(C)C)C(=O)c1ccccc1)C(C)(C)C)C(=O)c1ccccc1. The highest BCUT2D eigenvalue weighted by molar-refractivity contribution is 5.99. The van der Waals surface area contributed by atoms with Crippen LogP contribution in [-0.2, 0) is 0 Å². The molecule has 2 atom stereocenters. The highest BCUT2D eigenvalue weighted by Crippen LogP contribution is 2.22. The van der Waals surface area contributed by atoms with Gasteiger partial charge in [-0.2, -0.15) is 0 Å². The van der Waals surface area contributed by atoms with E-state index in [0.717, 1.165) is 11.1 Å². The molecule has 2 N–H and O–H groups in total. The van der Waals surface area contributed by atoms with Gasteiger partial charge in [0.2, 0.25) is 0 Å². The topological polar surface area (TPSA) is 61.4 Å². The Morgan fingerprint density at radius 2 is 0.946 bits per heavy atom. The summed E-state index contributed by atoms with van der Waals surface area (Å²) < 4.78 is 0. The summed E-state index contributed by atoms with van der Waals surface area (Å²) in [7, 11) is 0. The lowest BCUT2D eigenvalue weighted by atomic mass is 9.90. The van der Waals surface area contributed by atoms with Gasteiger partial charge in [-0.15, -0.1) is 0 Å². The number of hydrogen-bond acceptors (Lipinski definition) is 5. The first-order valence-electron chi connectivity index (χ1n) is 13.5. The molecule has 5 heteroatoms. The normalized spacial score (nSPS) is 14.4. The van der Waals surface area contributed by atoms with Crippen LogP contribution in [0.4, 0.5) is 0 Å². The van der Waals surface area contributed by atoms with Gasteiger partial charge >= 0.3 is 0 Å². The van der Waals surface area contributed by atoms with E-state index in [1.54, 1.807) is 0 Å². The first-order chi connectivity index (χ1) is 17.1. The minimum Gasteiger partial charge on any atom is -0.311 e. The fourth-order valence-electron chi connectivity index (χ4n) is 4.17. The molecule has 0 saturated heterocycles. The van der Waals surface area contributed by atoms with Crippen molar-refractivity contribution in [3.05, 3.63) is 71.8 Å². The molecule has 2 rings (SSSR count). The van der Waals surface area contributed by atoms with Gasteiger partial charge in [-0.25, -0.2) is 0 Å². The third-order valence-electron chi connectivity index (χ3n) is 6.45. The number of hydrogen-bond donors (Lipinski definition) is 2. The van der Waals surface area contributed by atoms with Gasteiger partial charge in [0.1, 0.15) is 0 Å². The number of nitrogens with one attached hydrogen (secondary N) is 2. The molecule has 5 nitrogen and oxygen atoms in total. The Hall–Kier alpha value is -2.34. The second kappa shape index (κ2) is 12.9. The Kier molecular flexibility index (Phi) is 10.8. The van der Waals surface area contributed by atoms with Crippen LogP contribution in [0.15, 0.2) is 60.7 Å². The highest BCUT2D eigenvalue weighted by Gasteiger charge is 2.33. The van der Waals surface area contributed by atoms with Crippen LogP contribution < -0.4 is 10.6 Å². The van der Waals surface area contributed by atoms with Gasteiger partial charge < -0.3 is 10.6 Å². The van der Waals surface area contributed by atoms with Crippen LogP contribution in [0, 0.1) is 11.8 Å². The van der Waals surface area contributed by atoms with Gasteiger partial charge in [0.15, 0.2) is 11.6 Å². The zero-order valence-electron chi connectivity index (χ0n) is 24.5. The molecule has 0 unspecified atom stereocenters. The third-order valence-corrected chi connectivity index (χ3v) is 6.45. The molecular formula is C32H49N3O2. The van der Waals surface area contributed by atoms with Crippen LogP contribution in [-0.4, -0.2) is 59.3 Å². The highest BCUT2D eigenvalue weighted by atomic mass is 16.1. The zero-order chi connectivity index (χ0) is 27.9. The van der Waals surface area contributed by atoms with Crippen molar-refractivity contribution >= 4 is 11.6 Å². The van der Waals surface area contributed by atoms with Crippen molar-refractivity contribution in [1.29, 1.82) is 0 Å². The molecule has 0 saturated carbocycles. The number of Topliss-reactive ketones (excluding diaryl/α,β-unsaturated/α-hetero) is 2. The zero-order valence-corrected chi connectivity index (χ0v) is 24.5. The molecule has 2 aromatic carbocycles. The number of carbonyl (C=O) groups is 2. The van der Waals surface area contributed by atoms with Crippen molar-refractivity contribution in [3.8, 4) is 0 Å². The Morgan fingerprint density at radius 1 is 0.622 bits per heavy atom. The van der Waals surface area contributed by atoms with E-state index >= 15 is 0 Å². The minimum atomic E-state index is -0.246. The van der Waals surface area contributed by atoms with E-state index in [9.17, 15) is 9.59 Å². The summed E-state index contributed by atoms with van der Waals surface area (Å²) in [4.78, 5) is 29.7. The molecule has 37 heavy (non-hydrogen) atoms. The summed E-state index contributed by atoms with van der Waals surface area (Å²) in [6.45, 7) is 21.5. The number of benzene rings is 2. The van der Waals surface area contributed by atoms with Gasteiger partial charge in [0, 0.05) is 65.8 Å². The van der Waals surface area contributed by atoms with Crippen molar-refractivity contribution in [2.75, 3.05) is 26.2 Å². The molecule has 0 spiro atoms. The second-order valence-corrected chi connectivity index (χ2v) is 13.2. The molecule has 0 radical (unpaired) electrons. The summed E-state index contributed by atoms with van der Waals surface area (Å²) in [5.74, 6) is -0.233. The summed E-state index contributed by atoms with van der Waals surface area (Å²) in [6, 6.07) is 19.1.